The van der Waals surface area contributed by atoms with Gasteiger partial charge in [-0.2, -0.15) is 10.1 Å². The average molecular weight is 493 g/mol. The summed E-state index contributed by atoms with van der Waals surface area (Å²) in [5, 5.41) is 8.78. The summed E-state index contributed by atoms with van der Waals surface area (Å²) in [5.74, 6) is 0.917. The molecular weight excluding hydrogens is 464 g/mol. The van der Waals surface area contributed by atoms with Crippen molar-refractivity contribution >= 4 is 16.9 Å². The summed E-state index contributed by atoms with van der Waals surface area (Å²) in [4.78, 5) is 17.2. The van der Waals surface area contributed by atoms with Crippen molar-refractivity contribution in [2.75, 3.05) is 13.7 Å². The van der Waals surface area contributed by atoms with Gasteiger partial charge in [-0.15, -0.1) is 0 Å². The Balaban J connectivity index is 1.40. The summed E-state index contributed by atoms with van der Waals surface area (Å²) >= 11 is 0. The largest absolute Gasteiger partial charge is 0.497 e. The van der Waals surface area contributed by atoms with Crippen LogP contribution in [0.3, 0.4) is 0 Å². The predicted molar refractivity (Wildman–Crippen MR) is 144 cm³/mol. The van der Waals surface area contributed by atoms with Gasteiger partial charge in [0.2, 0.25) is 5.88 Å². The fourth-order valence-electron chi connectivity index (χ4n) is 4.22. The van der Waals surface area contributed by atoms with Crippen molar-refractivity contribution in [3.8, 4) is 28.6 Å². The van der Waals surface area contributed by atoms with Crippen LogP contribution in [0.1, 0.15) is 16.7 Å². The van der Waals surface area contributed by atoms with Crippen LogP contribution in [0.25, 0.3) is 28.0 Å². The number of fused-ring (bicyclic) bond motifs is 1. The number of methoxy groups -OCH3 is 1. The molecule has 1 N–H and O–H groups in total. The molecule has 0 bridgehead atoms. The maximum Gasteiger partial charge on any atom is 0.258 e. The van der Waals surface area contributed by atoms with Crippen molar-refractivity contribution in [2.24, 2.45) is 0 Å². The third-order valence-electron chi connectivity index (χ3n) is 6.10. The summed E-state index contributed by atoms with van der Waals surface area (Å²) < 4.78 is 12.8. The van der Waals surface area contributed by atoms with Crippen LogP contribution < -0.4 is 14.8 Å². The lowest BCUT2D eigenvalue weighted by molar-refractivity contribution is -0.123. The Hall–Kier alpha value is -4.65. The zero-order chi connectivity index (χ0) is 25.8. The number of benzene rings is 3. The zero-order valence-corrected chi connectivity index (χ0v) is 21.1. The van der Waals surface area contributed by atoms with Crippen molar-refractivity contribution in [1.82, 2.24) is 20.1 Å². The number of carbonyl (C=O) groups excluding carboxylic acids is 1. The highest BCUT2D eigenvalue weighted by atomic mass is 16.5. The number of pyridine rings is 1. The number of hydrogen-bond donors (Lipinski definition) is 1. The first-order valence-corrected chi connectivity index (χ1v) is 12.1. The summed E-state index contributed by atoms with van der Waals surface area (Å²) in [6, 6.07) is 27.6. The SMILES string of the molecule is COc1ccc(CNC(=O)COc2cc(C)c3c(-c4cccc(C)c4)nn(-c4ccccc4)c3n2)cc1. The van der Waals surface area contributed by atoms with E-state index in [-0.39, 0.29) is 12.5 Å². The van der Waals surface area contributed by atoms with Gasteiger partial charge >= 0.3 is 0 Å². The lowest BCUT2D eigenvalue weighted by atomic mass is 10.0. The molecule has 0 spiro atoms. The molecule has 186 valence electrons. The fourth-order valence-corrected chi connectivity index (χ4v) is 4.22. The Kier molecular flexibility index (Phi) is 6.85. The Morgan fingerprint density at radius 3 is 2.46 bits per heavy atom. The van der Waals surface area contributed by atoms with Gasteiger partial charge < -0.3 is 14.8 Å². The summed E-state index contributed by atoms with van der Waals surface area (Å²) in [6.07, 6.45) is 0. The molecule has 7 heteroatoms. The number of rotatable bonds is 8. The molecule has 0 unspecified atom stereocenters. The molecule has 1 amide bonds. The molecule has 0 radical (unpaired) electrons. The topological polar surface area (TPSA) is 78.3 Å². The Morgan fingerprint density at radius 2 is 1.73 bits per heavy atom. The van der Waals surface area contributed by atoms with Crippen molar-refractivity contribution in [3.63, 3.8) is 0 Å². The third kappa shape index (κ3) is 5.30. The summed E-state index contributed by atoms with van der Waals surface area (Å²) in [5.41, 5.74) is 6.56. The first-order valence-electron chi connectivity index (χ1n) is 12.1. The highest BCUT2D eigenvalue weighted by Crippen LogP contribution is 2.33. The molecule has 0 aliphatic rings. The number of ether oxygens (including phenoxy) is 2. The third-order valence-corrected chi connectivity index (χ3v) is 6.10. The van der Waals surface area contributed by atoms with Crippen molar-refractivity contribution in [3.05, 3.63) is 102 Å². The van der Waals surface area contributed by atoms with Gasteiger partial charge in [-0.3, -0.25) is 4.79 Å². The maximum atomic E-state index is 12.5. The first-order chi connectivity index (χ1) is 18.0. The number of hydrogen-bond acceptors (Lipinski definition) is 5. The highest BCUT2D eigenvalue weighted by Gasteiger charge is 2.19. The number of aromatic nitrogens is 3. The normalized spacial score (nSPS) is 10.9. The van der Waals surface area contributed by atoms with Gasteiger partial charge in [-0.1, -0.05) is 54.1 Å². The predicted octanol–water partition coefficient (Wildman–Crippen LogP) is 5.41. The van der Waals surface area contributed by atoms with E-state index in [0.717, 1.165) is 44.8 Å². The number of nitrogens with zero attached hydrogens (tertiary/aromatic N) is 3. The van der Waals surface area contributed by atoms with E-state index in [4.69, 9.17) is 19.6 Å². The standard InChI is InChI=1S/C30H28N4O3/c1-20-8-7-9-23(16-20)29-28-21(2)17-27(32-30(28)34(33-29)24-10-5-4-6-11-24)37-19-26(35)31-18-22-12-14-25(36-3)15-13-22/h4-17H,18-19H2,1-3H3,(H,31,35). The van der Waals surface area contributed by atoms with Crippen molar-refractivity contribution in [2.45, 2.75) is 20.4 Å². The Labute approximate surface area is 215 Å². The van der Waals surface area contributed by atoms with E-state index in [0.29, 0.717) is 18.1 Å². The van der Waals surface area contributed by atoms with Gasteiger partial charge in [-0.05, 0) is 55.3 Å². The number of aryl methyl sites for hydroxylation is 2. The molecule has 0 saturated carbocycles. The molecule has 3 aromatic carbocycles. The minimum absolute atomic E-state index is 0.141. The molecular formula is C30H28N4O3. The van der Waals surface area contributed by atoms with Crippen LogP contribution in [-0.2, 0) is 11.3 Å². The van der Waals surface area contributed by atoms with E-state index in [1.165, 1.54) is 0 Å². The monoisotopic (exact) mass is 492 g/mol. The van der Waals surface area contributed by atoms with E-state index in [9.17, 15) is 4.79 Å². The smallest absolute Gasteiger partial charge is 0.258 e. The van der Waals surface area contributed by atoms with Gasteiger partial charge in [0.1, 0.15) is 11.4 Å². The van der Waals surface area contributed by atoms with Crippen LogP contribution >= 0.6 is 0 Å². The van der Waals surface area contributed by atoms with Crippen LogP contribution in [-0.4, -0.2) is 34.4 Å². The summed E-state index contributed by atoms with van der Waals surface area (Å²) in [6.45, 7) is 4.34. The average Bonchev–Trinajstić information content (AvgIpc) is 3.32. The van der Waals surface area contributed by atoms with Crippen molar-refractivity contribution in [1.29, 1.82) is 0 Å². The second kappa shape index (κ2) is 10.5. The number of amides is 1. The van der Waals surface area contributed by atoms with Crippen LogP contribution in [0.4, 0.5) is 0 Å². The molecule has 0 aliphatic carbocycles. The van der Waals surface area contributed by atoms with Crippen LogP contribution in [0, 0.1) is 13.8 Å². The van der Waals surface area contributed by atoms with E-state index in [1.807, 2.05) is 78.3 Å². The lowest BCUT2D eigenvalue weighted by Gasteiger charge is -2.09. The quantitative estimate of drug-likeness (QED) is 0.313. The molecule has 0 saturated heterocycles. The molecule has 2 heterocycles. The number of para-hydroxylation sites is 1. The van der Waals surface area contributed by atoms with E-state index in [2.05, 4.69) is 30.4 Å². The van der Waals surface area contributed by atoms with Crippen molar-refractivity contribution < 1.29 is 14.3 Å². The van der Waals surface area contributed by atoms with Crippen LogP contribution in [0.2, 0.25) is 0 Å². The van der Waals surface area contributed by atoms with Gasteiger partial charge in [0.05, 0.1) is 18.2 Å². The second-order valence-corrected chi connectivity index (χ2v) is 8.85. The lowest BCUT2D eigenvalue weighted by Crippen LogP contribution is -2.28. The Bertz CT molecular complexity index is 1540. The summed E-state index contributed by atoms with van der Waals surface area (Å²) in [7, 11) is 1.62. The van der Waals surface area contributed by atoms with Gasteiger partial charge in [0.15, 0.2) is 12.3 Å². The molecule has 7 nitrogen and oxygen atoms in total. The molecule has 0 aliphatic heterocycles. The number of carbonyl (C=O) groups is 1. The minimum atomic E-state index is -0.229. The van der Waals surface area contributed by atoms with Crippen LogP contribution in [0.15, 0.2) is 84.9 Å². The van der Waals surface area contributed by atoms with Gasteiger partial charge in [0.25, 0.3) is 5.91 Å². The molecule has 2 aromatic heterocycles. The molecule has 37 heavy (non-hydrogen) atoms. The van der Waals surface area contributed by atoms with E-state index < -0.39 is 0 Å². The fraction of sp³-hybridized carbons (Fsp3) is 0.167. The van der Waals surface area contributed by atoms with E-state index >= 15 is 0 Å². The second-order valence-electron chi connectivity index (χ2n) is 8.85. The highest BCUT2D eigenvalue weighted by molar-refractivity contribution is 5.95. The Morgan fingerprint density at radius 1 is 0.946 bits per heavy atom. The zero-order valence-electron chi connectivity index (χ0n) is 21.1. The molecule has 5 rings (SSSR count). The minimum Gasteiger partial charge on any atom is -0.497 e. The first kappa shape index (κ1) is 24.1. The molecule has 5 aromatic rings. The van der Waals surface area contributed by atoms with Gasteiger partial charge in [0, 0.05) is 18.2 Å². The number of nitrogens with one attached hydrogen (secondary N) is 1. The molecule has 0 atom stereocenters. The van der Waals surface area contributed by atoms with E-state index in [1.54, 1.807) is 7.11 Å². The van der Waals surface area contributed by atoms with Crippen LogP contribution in [0.5, 0.6) is 11.6 Å². The van der Waals surface area contributed by atoms with Gasteiger partial charge in [-0.25, -0.2) is 4.68 Å². The maximum absolute atomic E-state index is 12.5. The molecule has 0 fully saturated rings.